The molecule has 0 aromatic heterocycles. The lowest BCUT2D eigenvalue weighted by atomic mass is 10.1. The van der Waals surface area contributed by atoms with Gasteiger partial charge in [-0.1, -0.05) is 42.5 Å². The van der Waals surface area contributed by atoms with E-state index in [1.54, 1.807) is 0 Å². The van der Waals surface area contributed by atoms with Crippen LogP contribution in [0.25, 0.3) is 0 Å². The van der Waals surface area contributed by atoms with Crippen LogP contribution in [0, 0.1) is 6.92 Å². The molecule has 1 atom stereocenters. The second-order valence-electron chi connectivity index (χ2n) is 4.63. The summed E-state index contributed by atoms with van der Waals surface area (Å²) in [6.45, 7) is 1.99. The summed E-state index contributed by atoms with van der Waals surface area (Å²) < 4.78 is 0.911. The molecule has 0 radical (unpaired) electrons. The molecule has 1 N–H and O–H groups in total. The number of amides is 1. The summed E-state index contributed by atoms with van der Waals surface area (Å²) in [6, 6.07) is 15.7. The predicted octanol–water partition coefficient (Wildman–Crippen LogP) is 4.24. The fourth-order valence-electron chi connectivity index (χ4n) is 1.89. The van der Waals surface area contributed by atoms with Crippen LogP contribution >= 0.6 is 28.6 Å². The second kappa shape index (κ2) is 6.95. The maximum Gasteiger partial charge on any atom is 0.237 e. The third-order valence-electron chi connectivity index (χ3n) is 3.02. The van der Waals surface area contributed by atoms with E-state index in [1.807, 2.05) is 55.5 Å². The SMILES string of the molecule is Cc1cccc(NC(=O)C(S)Cc2ccccc2)c1Br. The van der Waals surface area contributed by atoms with Crippen molar-refractivity contribution in [1.29, 1.82) is 0 Å². The fourth-order valence-corrected chi connectivity index (χ4v) is 2.53. The Hall–Kier alpha value is -1.26. The summed E-state index contributed by atoms with van der Waals surface area (Å²) >= 11 is 7.88. The number of anilines is 1. The third kappa shape index (κ3) is 3.87. The molecule has 0 aliphatic heterocycles. The molecule has 1 unspecified atom stereocenters. The number of rotatable bonds is 4. The van der Waals surface area contributed by atoms with Gasteiger partial charge in [0.1, 0.15) is 0 Å². The van der Waals surface area contributed by atoms with Gasteiger partial charge in [-0.25, -0.2) is 0 Å². The highest BCUT2D eigenvalue weighted by Crippen LogP contribution is 2.26. The number of carbonyl (C=O) groups is 1. The zero-order valence-electron chi connectivity index (χ0n) is 11.1. The number of hydrogen-bond donors (Lipinski definition) is 2. The van der Waals surface area contributed by atoms with E-state index < -0.39 is 0 Å². The van der Waals surface area contributed by atoms with Crippen molar-refractivity contribution < 1.29 is 4.79 Å². The topological polar surface area (TPSA) is 29.1 Å². The molecule has 2 rings (SSSR count). The molecule has 0 heterocycles. The summed E-state index contributed by atoms with van der Waals surface area (Å²) in [4.78, 5) is 12.2. The molecule has 0 fully saturated rings. The van der Waals surface area contributed by atoms with Crippen molar-refractivity contribution in [3.05, 3.63) is 64.1 Å². The molecule has 2 nitrogen and oxygen atoms in total. The number of aryl methyl sites for hydroxylation is 1. The molecule has 0 aliphatic carbocycles. The average Bonchev–Trinajstić information content (AvgIpc) is 2.45. The number of benzene rings is 2. The Morgan fingerprint density at radius 1 is 1.20 bits per heavy atom. The van der Waals surface area contributed by atoms with Crippen LogP contribution in [-0.2, 0) is 11.2 Å². The van der Waals surface area contributed by atoms with Gasteiger partial charge in [-0.3, -0.25) is 4.79 Å². The lowest BCUT2D eigenvalue weighted by Crippen LogP contribution is -2.25. The van der Waals surface area contributed by atoms with Crippen LogP contribution in [0.2, 0.25) is 0 Å². The number of halogens is 1. The normalized spacial score (nSPS) is 11.9. The lowest BCUT2D eigenvalue weighted by molar-refractivity contribution is -0.115. The Kier molecular flexibility index (Phi) is 5.26. The van der Waals surface area contributed by atoms with E-state index in [9.17, 15) is 4.79 Å². The van der Waals surface area contributed by atoms with Crippen LogP contribution in [0.1, 0.15) is 11.1 Å². The van der Waals surface area contributed by atoms with Gasteiger partial charge in [-0.15, -0.1) is 0 Å². The van der Waals surface area contributed by atoms with Crippen molar-refractivity contribution in [1.82, 2.24) is 0 Å². The molecule has 2 aromatic rings. The van der Waals surface area contributed by atoms with E-state index in [0.29, 0.717) is 6.42 Å². The van der Waals surface area contributed by atoms with Gasteiger partial charge < -0.3 is 5.32 Å². The first-order valence-corrected chi connectivity index (χ1v) is 7.67. The molecule has 4 heteroatoms. The van der Waals surface area contributed by atoms with Crippen LogP contribution in [0.4, 0.5) is 5.69 Å². The van der Waals surface area contributed by atoms with Crippen molar-refractivity contribution in [2.24, 2.45) is 0 Å². The molecule has 104 valence electrons. The van der Waals surface area contributed by atoms with Crippen molar-refractivity contribution >= 4 is 40.2 Å². The molecule has 0 spiro atoms. The molecular weight excluding hydrogens is 334 g/mol. The highest BCUT2D eigenvalue weighted by Gasteiger charge is 2.16. The largest absolute Gasteiger partial charge is 0.324 e. The standard InChI is InChI=1S/C16H16BrNOS/c1-11-6-5-9-13(15(11)17)18-16(19)14(20)10-12-7-3-2-4-8-12/h2-9,14,20H,10H2,1H3,(H,18,19). The summed E-state index contributed by atoms with van der Waals surface area (Å²) in [5.41, 5.74) is 2.97. The monoisotopic (exact) mass is 349 g/mol. The quantitative estimate of drug-likeness (QED) is 0.794. The van der Waals surface area contributed by atoms with E-state index >= 15 is 0 Å². The number of nitrogens with one attached hydrogen (secondary N) is 1. The maximum atomic E-state index is 12.2. The minimum absolute atomic E-state index is 0.0940. The van der Waals surface area contributed by atoms with Crippen molar-refractivity contribution in [2.75, 3.05) is 5.32 Å². The zero-order valence-corrected chi connectivity index (χ0v) is 13.6. The van der Waals surface area contributed by atoms with Crippen LogP contribution in [0.15, 0.2) is 53.0 Å². The Morgan fingerprint density at radius 2 is 1.90 bits per heavy atom. The highest BCUT2D eigenvalue weighted by molar-refractivity contribution is 9.10. The van der Waals surface area contributed by atoms with Crippen molar-refractivity contribution in [2.45, 2.75) is 18.6 Å². The van der Waals surface area contributed by atoms with Crippen LogP contribution in [-0.4, -0.2) is 11.2 Å². The first kappa shape index (κ1) is 15.1. The first-order chi connectivity index (χ1) is 9.58. The molecule has 20 heavy (non-hydrogen) atoms. The molecule has 0 saturated carbocycles. The molecule has 0 saturated heterocycles. The van der Waals surface area contributed by atoms with E-state index in [2.05, 4.69) is 33.9 Å². The van der Waals surface area contributed by atoms with Gasteiger partial charge in [0.05, 0.1) is 10.9 Å². The van der Waals surface area contributed by atoms with Gasteiger partial charge in [-0.05, 0) is 46.5 Å². The molecule has 0 bridgehead atoms. The minimum atomic E-state index is -0.371. The zero-order chi connectivity index (χ0) is 14.5. The van der Waals surface area contributed by atoms with Gasteiger partial charge in [0, 0.05) is 4.47 Å². The van der Waals surface area contributed by atoms with Crippen LogP contribution < -0.4 is 5.32 Å². The van der Waals surface area contributed by atoms with Gasteiger partial charge in [0.25, 0.3) is 0 Å². The minimum Gasteiger partial charge on any atom is -0.324 e. The summed E-state index contributed by atoms with van der Waals surface area (Å²) in [5, 5.41) is 2.54. The van der Waals surface area contributed by atoms with Crippen LogP contribution in [0.3, 0.4) is 0 Å². The van der Waals surface area contributed by atoms with Gasteiger partial charge >= 0.3 is 0 Å². The van der Waals surface area contributed by atoms with Crippen molar-refractivity contribution in [3.8, 4) is 0 Å². The Labute approximate surface area is 133 Å². The van der Waals surface area contributed by atoms with Gasteiger partial charge in [-0.2, -0.15) is 12.6 Å². The fraction of sp³-hybridized carbons (Fsp3) is 0.188. The predicted molar refractivity (Wildman–Crippen MR) is 90.4 cm³/mol. The highest BCUT2D eigenvalue weighted by atomic mass is 79.9. The summed E-state index contributed by atoms with van der Waals surface area (Å²) in [7, 11) is 0. The first-order valence-electron chi connectivity index (χ1n) is 6.36. The van der Waals surface area contributed by atoms with Crippen LogP contribution in [0.5, 0.6) is 0 Å². The average molecular weight is 350 g/mol. The molecule has 2 aromatic carbocycles. The molecule has 1 amide bonds. The van der Waals surface area contributed by atoms with Gasteiger partial charge in [0.15, 0.2) is 0 Å². The van der Waals surface area contributed by atoms with E-state index in [4.69, 9.17) is 0 Å². The Balaban J connectivity index is 2.03. The van der Waals surface area contributed by atoms with Gasteiger partial charge in [0.2, 0.25) is 5.91 Å². The lowest BCUT2D eigenvalue weighted by Gasteiger charge is -2.13. The van der Waals surface area contributed by atoms with E-state index in [-0.39, 0.29) is 11.2 Å². The molecule has 0 aliphatic rings. The third-order valence-corrected chi connectivity index (χ3v) is 4.49. The second-order valence-corrected chi connectivity index (χ2v) is 6.05. The number of carbonyl (C=O) groups excluding carboxylic acids is 1. The summed E-state index contributed by atoms with van der Waals surface area (Å²) in [5.74, 6) is -0.0940. The Morgan fingerprint density at radius 3 is 2.60 bits per heavy atom. The summed E-state index contributed by atoms with van der Waals surface area (Å²) in [6.07, 6.45) is 0.610. The van der Waals surface area contributed by atoms with E-state index in [0.717, 1.165) is 21.3 Å². The smallest absolute Gasteiger partial charge is 0.237 e. The van der Waals surface area contributed by atoms with E-state index in [1.165, 1.54) is 0 Å². The Bertz CT molecular complexity index is 601. The number of hydrogen-bond acceptors (Lipinski definition) is 2. The maximum absolute atomic E-state index is 12.2. The van der Waals surface area contributed by atoms with Crippen molar-refractivity contribution in [3.63, 3.8) is 0 Å². The molecular formula is C16H16BrNOS. The number of thiol groups is 1.